The lowest BCUT2D eigenvalue weighted by Gasteiger charge is -2.21. The molecule has 1 aliphatic rings. The molecule has 0 spiro atoms. The molecule has 2 atom stereocenters. The highest BCUT2D eigenvalue weighted by atomic mass is 16.5. The molecule has 0 heterocycles. The maximum absolute atomic E-state index is 13.1. The number of aliphatic carboxylic acids is 2. The summed E-state index contributed by atoms with van der Waals surface area (Å²) in [6.07, 6.45) is -1.00. The number of rotatable bonds is 18. The van der Waals surface area contributed by atoms with Gasteiger partial charge in [-0.15, -0.1) is 0 Å². The number of carbonyl (C=O) groups excluding carboxylic acids is 4. The van der Waals surface area contributed by atoms with Gasteiger partial charge in [-0.1, -0.05) is 55.0 Å². The van der Waals surface area contributed by atoms with Gasteiger partial charge in [0.1, 0.15) is 6.61 Å². The number of primary amides is 1. The first-order valence-corrected chi connectivity index (χ1v) is 14.2. The van der Waals surface area contributed by atoms with Crippen LogP contribution in [0.4, 0.5) is 4.79 Å². The molecule has 0 saturated heterocycles. The van der Waals surface area contributed by atoms with Gasteiger partial charge < -0.3 is 31.3 Å². The number of hydrogen-bond acceptors (Lipinski definition) is 7. The van der Waals surface area contributed by atoms with Gasteiger partial charge in [0.15, 0.2) is 5.78 Å². The zero-order valence-electron chi connectivity index (χ0n) is 23.8. The molecule has 2 aromatic rings. The van der Waals surface area contributed by atoms with E-state index in [0.717, 1.165) is 22.3 Å². The second kappa shape index (κ2) is 16.0. The molecular formula is C31H37N3O9. The second-order valence-corrected chi connectivity index (χ2v) is 10.5. The molecule has 3 amide bonds. The van der Waals surface area contributed by atoms with Gasteiger partial charge in [0.05, 0.1) is 12.5 Å². The quantitative estimate of drug-likeness (QED) is 0.161. The van der Waals surface area contributed by atoms with E-state index < -0.39 is 47.6 Å². The molecule has 2 aromatic carbocycles. The molecule has 12 nitrogen and oxygen atoms in total. The standard InChI is InChI=1S/C31H37N3O9/c32-30(41)19(7-5-6-16-33-27(36)13-15-29(39)40)17-26(35)25(12-14-28(37)38)34-31(42)43-18-24-22-10-3-1-8-20(22)21-9-2-4-11-23(21)24/h1-4,8-11,19,24-25H,5-7,12-18H2,(H2,32,41)(H,33,36)(H,34,42)(H,37,38)(H,39,40)/t19-,25+/m1/s1. The lowest BCUT2D eigenvalue weighted by atomic mass is 9.91. The third kappa shape index (κ3) is 9.94. The Morgan fingerprint density at radius 1 is 0.814 bits per heavy atom. The van der Waals surface area contributed by atoms with Crippen LogP contribution >= 0.6 is 0 Å². The van der Waals surface area contributed by atoms with E-state index in [1.165, 1.54) is 0 Å². The van der Waals surface area contributed by atoms with Gasteiger partial charge >= 0.3 is 18.0 Å². The number of nitrogens with one attached hydrogen (secondary N) is 2. The Balaban J connectivity index is 1.54. The van der Waals surface area contributed by atoms with E-state index in [2.05, 4.69) is 10.6 Å². The maximum Gasteiger partial charge on any atom is 0.407 e. The van der Waals surface area contributed by atoms with Crippen LogP contribution in [-0.2, 0) is 28.7 Å². The summed E-state index contributed by atoms with van der Waals surface area (Å²) in [6.45, 7) is 0.277. The van der Waals surface area contributed by atoms with Crippen molar-refractivity contribution < 1.29 is 43.7 Å². The van der Waals surface area contributed by atoms with E-state index in [0.29, 0.717) is 12.8 Å². The molecule has 230 valence electrons. The van der Waals surface area contributed by atoms with E-state index in [1.54, 1.807) is 0 Å². The molecule has 1 aliphatic carbocycles. The van der Waals surface area contributed by atoms with Gasteiger partial charge in [-0.2, -0.15) is 0 Å². The smallest absolute Gasteiger partial charge is 0.407 e. The van der Waals surface area contributed by atoms with Crippen LogP contribution in [0.1, 0.15) is 68.4 Å². The molecule has 0 saturated carbocycles. The van der Waals surface area contributed by atoms with E-state index in [9.17, 15) is 28.8 Å². The number of fused-ring (bicyclic) bond motifs is 3. The Kier molecular flexibility index (Phi) is 12.2. The minimum absolute atomic E-state index is 0.0104. The number of amides is 3. The van der Waals surface area contributed by atoms with Crippen molar-refractivity contribution in [1.29, 1.82) is 0 Å². The van der Waals surface area contributed by atoms with Crippen molar-refractivity contribution in [3.8, 4) is 11.1 Å². The third-order valence-corrected chi connectivity index (χ3v) is 7.39. The Morgan fingerprint density at radius 3 is 2.00 bits per heavy atom. The number of carboxylic acid groups (broad SMARTS) is 2. The number of ketones is 1. The van der Waals surface area contributed by atoms with E-state index in [-0.39, 0.29) is 57.6 Å². The van der Waals surface area contributed by atoms with Crippen LogP contribution in [-0.4, -0.2) is 65.0 Å². The van der Waals surface area contributed by atoms with Crippen LogP contribution in [0.2, 0.25) is 0 Å². The fourth-order valence-electron chi connectivity index (χ4n) is 5.15. The number of carbonyl (C=O) groups is 6. The number of unbranched alkanes of at least 4 members (excludes halogenated alkanes) is 1. The molecule has 0 fully saturated rings. The largest absolute Gasteiger partial charge is 0.481 e. The monoisotopic (exact) mass is 595 g/mol. The number of carboxylic acids is 2. The van der Waals surface area contributed by atoms with Gasteiger partial charge in [-0.25, -0.2) is 4.79 Å². The van der Waals surface area contributed by atoms with Crippen molar-refractivity contribution >= 4 is 35.6 Å². The molecular weight excluding hydrogens is 558 g/mol. The fraction of sp³-hybridized carbons (Fsp3) is 0.419. The van der Waals surface area contributed by atoms with Crippen LogP contribution in [0.25, 0.3) is 11.1 Å². The highest BCUT2D eigenvalue weighted by molar-refractivity contribution is 5.91. The Labute approximate surface area is 249 Å². The second-order valence-electron chi connectivity index (χ2n) is 10.5. The van der Waals surface area contributed by atoms with Crippen molar-refractivity contribution in [2.75, 3.05) is 13.2 Å². The normalized spacial score (nSPS) is 13.2. The molecule has 0 aliphatic heterocycles. The third-order valence-electron chi connectivity index (χ3n) is 7.39. The van der Waals surface area contributed by atoms with Crippen molar-refractivity contribution in [2.45, 2.75) is 63.3 Å². The minimum Gasteiger partial charge on any atom is -0.481 e. The minimum atomic E-state index is -1.19. The summed E-state index contributed by atoms with van der Waals surface area (Å²) in [5.41, 5.74) is 9.65. The molecule has 0 unspecified atom stereocenters. The molecule has 0 aromatic heterocycles. The van der Waals surface area contributed by atoms with Gasteiger partial charge in [-0.05, 0) is 41.5 Å². The Morgan fingerprint density at radius 2 is 1.42 bits per heavy atom. The van der Waals surface area contributed by atoms with Gasteiger partial charge in [-0.3, -0.25) is 24.0 Å². The first-order chi connectivity index (χ1) is 20.6. The van der Waals surface area contributed by atoms with Crippen molar-refractivity contribution in [2.24, 2.45) is 11.7 Å². The summed E-state index contributed by atoms with van der Waals surface area (Å²) in [6, 6.07) is 14.4. The number of hydrogen-bond donors (Lipinski definition) is 5. The summed E-state index contributed by atoms with van der Waals surface area (Å²) < 4.78 is 5.51. The number of alkyl carbamates (subject to hydrolysis) is 1. The average molecular weight is 596 g/mol. The number of nitrogens with two attached hydrogens (primary N) is 1. The zero-order chi connectivity index (χ0) is 31.4. The molecule has 12 heteroatoms. The van der Waals surface area contributed by atoms with E-state index in [1.807, 2.05) is 48.5 Å². The number of Topliss-reactive ketones (excluding diaryl/α,β-unsaturated/α-hetero) is 1. The lowest BCUT2D eigenvalue weighted by Crippen LogP contribution is -2.43. The Bertz CT molecular complexity index is 1300. The van der Waals surface area contributed by atoms with Crippen LogP contribution in [0.3, 0.4) is 0 Å². The Hall–Kier alpha value is -4.74. The topological polar surface area (TPSA) is 202 Å². The van der Waals surface area contributed by atoms with Crippen molar-refractivity contribution in [3.05, 3.63) is 59.7 Å². The molecule has 6 N–H and O–H groups in total. The van der Waals surface area contributed by atoms with Crippen molar-refractivity contribution in [3.63, 3.8) is 0 Å². The highest BCUT2D eigenvalue weighted by Crippen LogP contribution is 2.44. The first-order valence-electron chi connectivity index (χ1n) is 14.2. The van der Waals surface area contributed by atoms with Crippen LogP contribution in [0, 0.1) is 5.92 Å². The lowest BCUT2D eigenvalue weighted by molar-refractivity contribution is -0.139. The SMILES string of the molecule is NC(=O)[C@H](CCCCNC(=O)CCC(=O)O)CC(=O)[C@H](CCC(=O)O)NC(=O)OCC1c2ccccc2-c2ccccc21. The van der Waals surface area contributed by atoms with Crippen LogP contribution in [0.5, 0.6) is 0 Å². The zero-order valence-corrected chi connectivity index (χ0v) is 23.8. The molecule has 43 heavy (non-hydrogen) atoms. The molecule has 0 bridgehead atoms. The predicted molar refractivity (Wildman–Crippen MR) is 155 cm³/mol. The first kappa shape index (κ1) is 32.8. The van der Waals surface area contributed by atoms with Gasteiger partial charge in [0.2, 0.25) is 11.8 Å². The predicted octanol–water partition coefficient (Wildman–Crippen LogP) is 2.97. The number of benzene rings is 2. The number of ether oxygens (including phenoxy) is 1. The van der Waals surface area contributed by atoms with Gasteiger partial charge in [0, 0.05) is 37.6 Å². The molecule has 0 radical (unpaired) electrons. The average Bonchev–Trinajstić information content (AvgIpc) is 3.29. The summed E-state index contributed by atoms with van der Waals surface area (Å²) in [4.78, 5) is 71.4. The van der Waals surface area contributed by atoms with Gasteiger partial charge in [0.25, 0.3) is 0 Å². The van der Waals surface area contributed by atoms with Crippen LogP contribution in [0.15, 0.2) is 48.5 Å². The fourth-order valence-corrected chi connectivity index (χ4v) is 5.15. The summed E-state index contributed by atoms with van der Waals surface area (Å²) in [5, 5.41) is 22.9. The van der Waals surface area contributed by atoms with Crippen molar-refractivity contribution in [1.82, 2.24) is 10.6 Å². The summed E-state index contributed by atoms with van der Waals surface area (Å²) in [5.74, 6) is -4.93. The van der Waals surface area contributed by atoms with E-state index in [4.69, 9.17) is 20.7 Å². The molecule has 3 rings (SSSR count). The van der Waals surface area contributed by atoms with Crippen LogP contribution < -0.4 is 16.4 Å². The summed E-state index contributed by atoms with van der Waals surface area (Å²) >= 11 is 0. The maximum atomic E-state index is 13.1. The summed E-state index contributed by atoms with van der Waals surface area (Å²) in [7, 11) is 0. The highest BCUT2D eigenvalue weighted by Gasteiger charge is 2.31. The van der Waals surface area contributed by atoms with E-state index >= 15 is 0 Å².